The van der Waals surface area contributed by atoms with E-state index in [-0.39, 0.29) is 17.2 Å². The topological polar surface area (TPSA) is 59.0 Å². The normalized spacial score (nSPS) is 23.8. The quantitative estimate of drug-likeness (QED) is 0.806. The van der Waals surface area contributed by atoms with Crippen LogP contribution in [0, 0.1) is 0 Å². The van der Waals surface area contributed by atoms with E-state index in [2.05, 4.69) is 33.9 Å². The molecule has 0 bridgehead atoms. The maximum Gasteiger partial charge on any atom is 0.410 e. The van der Waals surface area contributed by atoms with Crippen LogP contribution in [0.2, 0.25) is 18.1 Å². The number of hydrogen-bond acceptors (Lipinski definition) is 4. The zero-order valence-corrected chi connectivity index (χ0v) is 16.4. The summed E-state index contributed by atoms with van der Waals surface area (Å²) < 4.78 is 11.6. The molecule has 5 nitrogen and oxygen atoms in total. The maximum atomic E-state index is 12.3. The zero-order valence-electron chi connectivity index (χ0n) is 15.4. The minimum Gasteiger partial charge on any atom is -0.444 e. The molecule has 0 saturated carbocycles. The highest BCUT2D eigenvalue weighted by molar-refractivity contribution is 6.74. The summed E-state index contributed by atoms with van der Waals surface area (Å²) in [6.07, 6.45) is -0.318. The van der Waals surface area contributed by atoms with Gasteiger partial charge >= 0.3 is 6.09 Å². The van der Waals surface area contributed by atoms with Crippen molar-refractivity contribution in [3.63, 3.8) is 0 Å². The molecule has 1 N–H and O–H groups in total. The van der Waals surface area contributed by atoms with Crippen molar-refractivity contribution in [3.05, 3.63) is 0 Å². The predicted molar refractivity (Wildman–Crippen MR) is 90.5 cm³/mol. The van der Waals surface area contributed by atoms with Crippen molar-refractivity contribution >= 4 is 14.4 Å². The Balaban J connectivity index is 2.70. The van der Waals surface area contributed by atoms with Crippen LogP contribution in [0.25, 0.3) is 0 Å². The molecule has 2 atom stereocenters. The van der Waals surface area contributed by atoms with Crippen LogP contribution in [0.5, 0.6) is 0 Å². The van der Waals surface area contributed by atoms with E-state index in [4.69, 9.17) is 9.16 Å². The van der Waals surface area contributed by atoms with E-state index >= 15 is 0 Å². The third kappa shape index (κ3) is 5.24. The lowest BCUT2D eigenvalue weighted by Crippen LogP contribution is -2.46. The molecule has 6 heteroatoms. The molecule has 1 saturated heterocycles. The Bertz CT molecular complexity index is 398. The van der Waals surface area contributed by atoms with Gasteiger partial charge in [0.1, 0.15) is 5.60 Å². The Morgan fingerprint density at radius 3 is 2.23 bits per heavy atom. The van der Waals surface area contributed by atoms with Crippen LogP contribution >= 0.6 is 0 Å². The lowest BCUT2D eigenvalue weighted by molar-refractivity contribution is 0.0168. The first kappa shape index (κ1) is 19.5. The second kappa shape index (κ2) is 6.49. The van der Waals surface area contributed by atoms with E-state index in [1.165, 1.54) is 0 Å². The number of rotatable bonds is 3. The average Bonchev–Trinajstić information content (AvgIpc) is 2.64. The zero-order chi connectivity index (χ0) is 17.3. The van der Waals surface area contributed by atoms with Gasteiger partial charge in [-0.05, 0) is 45.3 Å². The average molecular weight is 332 g/mol. The van der Waals surface area contributed by atoms with Crippen molar-refractivity contribution in [2.75, 3.05) is 13.2 Å². The molecule has 22 heavy (non-hydrogen) atoms. The molecule has 0 aliphatic carbocycles. The van der Waals surface area contributed by atoms with Gasteiger partial charge in [-0.25, -0.2) is 4.79 Å². The Morgan fingerprint density at radius 2 is 1.77 bits per heavy atom. The van der Waals surface area contributed by atoms with Gasteiger partial charge in [-0.3, -0.25) is 0 Å². The number of likely N-dealkylation sites (tertiary alicyclic amines) is 1. The van der Waals surface area contributed by atoms with Crippen LogP contribution in [-0.4, -0.2) is 55.3 Å². The van der Waals surface area contributed by atoms with E-state index in [9.17, 15) is 9.90 Å². The van der Waals surface area contributed by atoms with Gasteiger partial charge in [0.15, 0.2) is 8.32 Å². The van der Waals surface area contributed by atoms with Crippen molar-refractivity contribution in [1.82, 2.24) is 4.90 Å². The summed E-state index contributed by atoms with van der Waals surface area (Å²) in [6.45, 7) is 17.3. The molecule has 0 aromatic heterocycles. The highest BCUT2D eigenvalue weighted by atomic mass is 28.4. The third-order valence-electron chi connectivity index (χ3n) is 4.46. The summed E-state index contributed by atoms with van der Waals surface area (Å²) in [4.78, 5) is 13.9. The molecule has 0 aromatic carbocycles. The molecule has 1 aliphatic heterocycles. The summed E-state index contributed by atoms with van der Waals surface area (Å²) in [5, 5.41) is 10.0. The monoisotopic (exact) mass is 331 g/mol. The summed E-state index contributed by atoms with van der Waals surface area (Å²) in [6, 6.07) is -0.112. The molecule has 1 rings (SSSR count). The first-order chi connectivity index (χ1) is 9.73. The fourth-order valence-electron chi connectivity index (χ4n) is 2.12. The molecule has 0 unspecified atom stereocenters. The van der Waals surface area contributed by atoms with E-state index in [1.54, 1.807) is 4.90 Å². The highest BCUT2D eigenvalue weighted by Crippen LogP contribution is 2.37. The number of carbonyl (C=O) groups is 1. The molecule has 1 fully saturated rings. The van der Waals surface area contributed by atoms with Gasteiger partial charge < -0.3 is 19.2 Å². The Kier molecular flexibility index (Phi) is 5.74. The number of amides is 1. The fraction of sp³-hybridized carbons (Fsp3) is 0.938. The molecule has 130 valence electrons. The summed E-state index contributed by atoms with van der Waals surface area (Å²) in [7, 11) is -1.87. The Labute approximate surface area is 136 Å². The van der Waals surface area contributed by atoms with Crippen molar-refractivity contribution < 1.29 is 19.1 Å². The molecule has 0 spiro atoms. The van der Waals surface area contributed by atoms with Crippen molar-refractivity contribution in [3.8, 4) is 0 Å². The lowest BCUT2D eigenvalue weighted by Gasteiger charge is -2.38. The van der Waals surface area contributed by atoms with E-state index in [0.29, 0.717) is 19.6 Å². The Hall–Kier alpha value is -0.593. The number of ether oxygens (including phenoxy) is 1. The van der Waals surface area contributed by atoms with Gasteiger partial charge in [-0.2, -0.15) is 0 Å². The van der Waals surface area contributed by atoms with E-state index in [0.717, 1.165) is 0 Å². The number of hydrogen-bond donors (Lipinski definition) is 1. The second-order valence-corrected chi connectivity index (χ2v) is 13.6. The predicted octanol–water partition coefficient (Wildman–Crippen LogP) is 3.38. The van der Waals surface area contributed by atoms with Gasteiger partial charge in [0.05, 0.1) is 25.3 Å². The second-order valence-electron chi connectivity index (χ2n) is 8.75. The number of nitrogens with zero attached hydrogens (tertiary/aromatic N) is 1. The fourth-order valence-corrected chi connectivity index (χ4v) is 3.16. The SMILES string of the molecule is CC(C)(C)OC(=O)N1C[C@H](O)C[C@@H]1CO[Si](C)(C)C(C)(C)C. The van der Waals surface area contributed by atoms with Crippen LogP contribution < -0.4 is 0 Å². The van der Waals surface area contributed by atoms with Gasteiger partial charge in [0.25, 0.3) is 0 Å². The first-order valence-corrected chi connectivity index (χ1v) is 11.0. The van der Waals surface area contributed by atoms with Crippen molar-refractivity contribution in [2.24, 2.45) is 0 Å². The van der Waals surface area contributed by atoms with Gasteiger partial charge in [0, 0.05) is 0 Å². The van der Waals surface area contributed by atoms with Gasteiger partial charge in [-0.1, -0.05) is 20.8 Å². The molecular formula is C16H33NO4Si. The number of aliphatic hydroxyl groups excluding tert-OH is 1. The Morgan fingerprint density at radius 1 is 1.23 bits per heavy atom. The number of aliphatic hydroxyl groups is 1. The molecule has 1 aliphatic rings. The van der Waals surface area contributed by atoms with Crippen molar-refractivity contribution in [1.29, 1.82) is 0 Å². The van der Waals surface area contributed by atoms with Crippen molar-refractivity contribution in [2.45, 2.75) is 83.8 Å². The van der Waals surface area contributed by atoms with E-state index in [1.807, 2.05) is 20.8 Å². The van der Waals surface area contributed by atoms with Crippen LogP contribution in [0.1, 0.15) is 48.0 Å². The first-order valence-electron chi connectivity index (χ1n) is 8.04. The minimum atomic E-state index is -1.87. The van der Waals surface area contributed by atoms with Crippen LogP contribution in [0.15, 0.2) is 0 Å². The lowest BCUT2D eigenvalue weighted by atomic mass is 10.2. The minimum absolute atomic E-state index is 0.112. The van der Waals surface area contributed by atoms with Gasteiger partial charge in [0.2, 0.25) is 0 Å². The van der Waals surface area contributed by atoms with Crippen LogP contribution in [-0.2, 0) is 9.16 Å². The summed E-state index contributed by atoms with van der Waals surface area (Å²) >= 11 is 0. The van der Waals surface area contributed by atoms with Crippen LogP contribution in [0.4, 0.5) is 4.79 Å². The number of carbonyl (C=O) groups excluding carboxylic acids is 1. The molecule has 1 heterocycles. The molecule has 0 aromatic rings. The van der Waals surface area contributed by atoms with Gasteiger partial charge in [-0.15, -0.1) is 0 Å². The molecule has 0 radical (unpaired) electrons. The smallest absolute Gasteiger partial charge is 0.410 e. The maximum absolute atomic E-state index is 12.3. The molecule has 1 amide bonds. The standard InChI is InChI=1S/C16H33NO4Si/c1-15(2,3)21-14(19)17-10-13(18)9-12(17)11-20-22(7,8)16(4,5)6/h12-13,18H,9-11H2,1-8H3/t12-,13-/m1/s1. The van der Waals surface area contributed by atoms with Crippen LogP contribution in [0.3, 0.4) is 0 Å². The number of β-amino-alcohol motifs (C(OH)–C–C–N with tert-alkyl or cyclic N) is 1. The summed E-state index contributed by atoms with van der Waals surface area (Å²) in [5.74, 6) is 0. The van der Waals surface area contributed by atoms with E-state index < -0.39 is 20.0 Å². The third-order valence-corrected chi connectivity index (χ3v) is 8.96. The largest absolute Gasteiger partial charge is 0.444 e. The highest BCUT2D eigenvalue weighted by Gasteiger charge is 2.41. The molecular weight excluding hydrogens is 298 g/mol. The summed E-state index contributed by atoms with van der Waals surface area (Å²) in [5.41, 5.74) is -0.532.